The third-order valence-electron chi connectivity index (χ3n) is 22.7. The molecule has 0 aliphatic carbocycles. The average Bonchev–Trinajstić information content (AvgIpc) is 1.39. The van der Waals surface area contributed by atoms with Crippen molar-refractivity contribution in [2.45, 2.75) is 0 Å². The summed E-state index contributed by atoms with van der Waals surface area (Å²) in [6.45, 7) is 0. The van der Waals surface area contributed by atoms with Crippen LogP contribution in [0.4, 0.5) is 0 Å². The van der Waals surface area contributed by atoms with Crippen LogP contribution in [0.1, 0.15) is 0 Å². The monoisotopic (exact) mass is 1380 g/mol. The molecule has 0 fully saturated rings. The zero-order chi connectivity index (χ0) is 71.6. The van der Waals surface area contributed by atoms with Crippen LogP contribution >= 0.6 is 0 Å². The zero-order valence-corrected chi connectivity index (χ0v) is 59.3. The van der Waals surface area contributed by atoms with Gasteiger partial charge in [0.2, 0.25) is 0 Å². The zero-order valence-electron chi connectivity index (χ0n) is 59.3. The Balaban J connectivity index is 0.748. The third-order valence-corrected chi connectivity index (χ3v) is 22.7. The molecule has 22 aromatic rings. The molecule has 5 heteroatoms. The molecule has 0 aliphatic heterocycles. The maximum absolute atomic E-state index is 5.03. The largest absolute Gasteiger partial charge is 0.309 e. The number of benzene rings is 19. The minimum Gasteiger partial charge on any atom is -0.309 e. The average molecular weight is 1380 g/mol. The number of hydrogen-bond acceptors (Lipinski definition) is 2. The highest BCUT2D eigenvalue weighted by Crippen LogP contribution is 2.58. The molecule has 0 aliphatic rings. The van der Waals surface area contributed by atoms with Gasteiger partial charge < -0.3 is 9.13 Å². The van der Waals surface area contributed by atoms with Crippen LogP contribution in [0.2, 0.25) is 0 Å². The third kappa shape index (κ3) is 9.80. The summed E-state index contributed by atoms with van der Waals surface area (Å²) < 4.78 is 6.70. The van der Waals surface area contributed by atoms with Gasteiger partial charge in [0.15, 0.2) is 0 Å². The predicted octanol–water partition coefficient (Wildman–Crippen LogP) is 27.7. The van der Waals surface area contributed by atoms with E-state index in [1.54, 1.807) is 0 Å². The van der Waals surface area contributed by atoms with E-state index in [0.29, 0.717) is 0 Å². The van der Waals surface area contributed by atoms with Gasteiger partial charge in [-0.1, -0.05) is 321 Å². The van der Waals surface area contributed by atoms with Gasteiger partial charge in [-0.05, 0) is 216 Å². The molecule has 3 aromatic heterocycles. The first-order valence-corrected chi connectivity index (χ1v) is 37.4. The molecular formula is C104H65N5. The molecule has 506 valence electrons. The quantitative estimate of drug-likeness (QED) is 0.0903. The molecule has 109 heavy (non-hydrogen) atoms. The summed E-state index contributed by atoms with van der Waals surface area (Å²) in [5, 5.41) is 27.2. The van der Waals surface area contributed by atoms with E-state index in [1.807, 2.05) is 4.68 Å². The lowest BCUT2D eigenvalue weighted by atomic mass is 9.74. The van der Waals surface area contributed by atoms with Gasteiger partial charge in [-0.2, -0.15) is 0 Å². The molecule has 0 atom stereocenters. The van der Waals surface area contributed by atoms with Crippen molar-refractivity contribution < 1.29 is 0 Å². The van der Waals surface area contributed by atoms with Gasteiger partial charge in [0, 0.05) is 38.5 Å². The fourth-order valence-electron chi connectivity index (χ4n) is 18.1. The number of hydrogen-bond donors (Lipinski definition) is 0. The van der Waals surface area contributed by atoms with Crippen molar-refractivity contribution in [3.63, 3.8) is 0 Å². The van der Waals surface area contributed by atoms with Gasteiger partial charge in [0.05, 0.1) is 34.0 Å². The molecule has 0 amide bonds. The summed E-state index contributed by atoms with van der Waals surface area (Å²) in [5.74, 6) is 0. The minimum absolute atomic E-state index is 0.765. The van der Waals surface area contributed by atoms with E-state index in [2.05, 4.69) is 404 Å². The number of nitrogens with zero attached hydrogens (tertiary/aromatic N) is 5. The second-order valence-electron chi connectivity index (χ2n) is 28.6. The minimum atomic E-state index is 0.765. The molecule has 0 radical (unpaired) electrons. The van der Waals surface area contributed by atoms with Crippen molar-refractivity contribution >= 4 is 97.5 Å². The molecule has 5 nitrogen and oxygen atoms in total. The number of para-hydroxylation sites is 4. The van der Waals surface area contributed by atoms with Crippen molar-refractivity contribution in [2.75, 3.05) is 0 Å². The van der Waals surface area contributed by atoms with Gasteiger partial charge in [-0.25, -0.2) is 4.68 Å². The van der Waals surface area contributed by atoms with E-state index in [1.165, 1.54) is 142 Å². The smallest absolute Gasteiger partial charge is 0.113 e. The highest BCUT2D eigenvalue weighted by atomic mass is 15.4. The van der Waals surface area contributed by atoms with Crippen molar-refractivity contribution in [3.8, 4) is 117 Å². The molecule has 22 rings (SSSR count). The van der Waals surface area contributed by atoms with Gasteiger partial charge in [-0.3, -0.25) is 0 Å². The van der Waals surface area contributed by atoms with Crippen molar-refractivity contribution in [3.05, 3.63) is 394 Å². The molecule has 0 saturated heterocycles. The van der Waals surface area contributed by atoms with Crippen molar-refractivity contribution in [2.24, 2.45) is 0 Å². The Hall–Kier alpha value is -14.5. The molecule has 0 N–H and O–H groups in total. The molecule has 0 bridgehead atoms. The van der Waals surface area contributed by atoms with Crippen molar-refractivity contribution in [1.29, 1.82) is 0 Å². The lowest BCUT2D eigenvalue weighted by molar-refractivity contribution is 0.804. The number of rotatable bonds is 12. The highest BCUT2D eigenvalue weighted by molar-refractivity contribution is 6.46. The van der Waals surface area contributed by atoms with Crippen molar-refractivity contribution in [1.82, 2.24) is 24.1 Å². The maximum atomic E-state index is 5.03. The summed E-state index contributed by atoms with van der Waals surface area (Å²) in [7, 11) is 0. The summed E-state index contributed by atoms with van der Waals surface area (Å²) in [6.07, 6.45) is 2.08. The Kier molecular flexibility index (Phi) is 14.3. The molecular weight excluding hydrogens is 1320 g/mol. The fourth-order valence-corrected chi connectivity index (χ4v) is 18.1. The van der Waals surface area contributed by atoms with Crippen LogP contribution in [0.25, 0.3) is 215 Å². The molecule has 0 saturated carbocycles. The Morgan fingerprint density at radius 2 is 0.514 bits per heavy atom. The normalized spacial score (nSPS) is 11.9. The van der Waals surface area contributed by atoms with E-state index in [9.17, 15) is 0 Å². The molecule has 3 heterocycles. The Morgan fingerprint density at radius 3 is 0.963 bits per heavy atom. The van der Waals surface area contributed by atoms with E-state index >= 15 is 0 Å². The highest BCUT2D eigenvalue weighted by Gasteiger charge is 2.31. The lowest BCUT2D eigenvalue weighted by Crippen LogP contribution is -2.00. The van der Waals surface area contributed by atoms with Crippen LogP contribution in [-0.2, 0) is 0 Å². The van der Waals surface area contributed by atoms with Crippen LogP contribution in [-0.4, -0.2) is 24.1 Å². The summed E-state index contributed by atoms with van der Waals surface area (Å²) in [4.78, 5) is 0. The van der Waals surface area contributed by atoms with E-state index in [4.69, 9.17) is 10.3 Å². The van der Waals surface area contributed by atoms with Crippen LogP contribution in [0.5, 0.6) is 0 Å². The first kappa shape index (κ1) is 61.9. The van der Waals surface area contributed by atoms with Gasteiger partial charge in [0.1, 0.15) is 5.69 Å². The Morgan fingerprint density at radius 1 is 0.183 bits per heavy atom. The van der Waals surface area contributed by atoms with E-state index < -0.39 is 0 Å². The van der Waals surface area contributed by atoms with E-state index in [0.717, 1.165) is 72.7 Å². The standard InChI is InChI=1S/C104H65N5/c1-7-29-67(30-8-1)88-64-87(68-55-57-76(58-56-68)107-65-89(105-106-107)75-61-74(62-78(63-75)109-92-51-25-21-43-81(92)82-44-22-26-52-93(82)109)66-53-59-77(60-54-66)108-90-49-23-19-41-79(90)80-42-20-24-50-91(80)108)94(69-31-9-2-10-32-69)102-84-46-28-48-86-100(84)99-83(101(88)102)45-27-47-85(99)103-97(72-37-15-5-16-38-72)95(70-33-11-3-12-34-70)96(71-35-13-4-14-36-71)98(104(86)103)73-39-17-6-18-40-73/h1-65H. The SMILES string of the molecule is c1ccc(-c2c(-c3ccccc3)c(-c3ccccc3)c3c4cccc5c6c(-c7ccccc7)c(-c7ccc(-n8cc(-c9cc(-c%10ccc(-n%11c%12ccccc%12c%12ccccc%12%11)cc%10)cc(-n%10c%11ccccc%11c%11ccccc%11%10)c9)nn8)cc7)cc(-c7ccccc7)c6c6cccc(c3c2-c2ccccc2)c6c54)cc1. The Labute approximate surface area is 629 Å². The fraction of sp³-hybridized carbons (Fsp3) is 0. The second kappa shape index (κ2) is 25.1. The lowest BCUT2D eigenvalue weighted by Gasteiger charge is -2.28. The van der Waals surface area contributed by atoms with Gasteiger partial charge in [-0.15, -0.1) is 5.10 Å². The van der Waals surface area contributed by atoms with Crippen LogP contribution < -0.4 is 0 Å². The number of aromatic nitrogens is 5. The molecule has 19 aromatic carbocycles. The Bertz CT molecular complexity index is 7220. The van der Waals surface area contributed by atoms with E-state index in [-0.39, 0.29) is 0 Å². The van der Waals surface area contributed by atoms with Crippen LogP contribution in [0, 0.1) is 0 Å². The first-order valence-electron chi connectivity index (χ1n) is 37.4. The predicted molar refractivity (Wildman–Crippen MR) is 458 cm³/mol. The second-order valence-corrected chi connectivity index (χ2v) is 28.6. The van der Waals surface area contributed by atoms with Crippen LogP contribution in [0.3, 0.4) is 0 Å². The summed E-state index contributed by atoms with van der Waals surface area (Å²) >= 11 is 0. The van der Waals surface area contributed by atoms with Gasteiger partial charge in [0.25, 0.3) is 0 Å². The maximum Gasteiger partial charge on any atom is 0.113 e. The first-order chi connectivity index (χ1) is 54.1. The summed E-state index contributed by atoms with van der Waals surface area (Å²) in [5.41, 5.74) is 28.0. The summed E-state index contributed by atoms with van der Waals surface area (Å²) in [6, 6.07) is 143. The molecule has 0 spiro atoms. The number of fused-ring (bicyclic) bond motifs is 12. The topological polar surface area (TPSA) is 40.6 Å². The molecule has 0 unspecified atom stereocenters. The van der Waals surface area contributed by atoms with Gasteiger partial charge >= 0.3 is 0 Å². The van der Waals surface area contributed by atoms with Crippen LogP contribution in [0.15, 0.2) is 394 Å².